The molecule has 1 aliphatic rings. The van der Waals surface area contributed by atoms with Crippen molar-refractivity contribution in [2.75, 3.05) is 6.54 Å². The van der Waals surface area contributed by atoms with Crippen LogP contribution in [-0.2, 0) is 20.8 Å². The zero-order valence-corrected chi connectivity index (χ0v) is 16.6. The van der Waals surface area contributed by atoms with Crippen LogP contribution < -0.4 is 21.7 Å². The minimum absolute atomic E-state index is 0.155. The van der Waals surface area contributed by atoms with Gasteiger partial charge in [0.25, 0.3) is 0 Å². The molecule has 1 unspecified atom stereocenters. The number of nitrogens with two attached hydrogens (primary N) is 1. The van der Waals surface area contributed by atoms with Gasteiger partial charge in [0, 0.05) is 30.1 Å². The topological polar surface area (TPSA) is 170 Å². The predicted octanol–water partition coefficient (Wildman–Crippen LogP) is -1.73. The lowest BCUT2D eigenvalue weighted by molar-refractivity contribution is -0.133. The number of hydrogen-bond donors (Lipinski definition) is 7. The van der Waals surface area contributed by atoms with Gasteiger partial charge in [0.15, 0.2) is 0 Å². The lowest BCUT2D eigenvalue weighted by atomic mass is 10.0. The summed E-state index contributed by atoms with van der Waals surface area (Å²) < 4.78 is 0. The SMILES string of the molecule is C[C@@H](O)[C@H](NC(=O)C(Cc1c[nH]c2ccccc12)NC(=O)[C@@H]1C[C@@H](O)CN1)C(N)=O. The number of primary amides is 1. The number of nitrogens with one attached hydrogen (secondary N) is 4. The second-order valence-electron chi connectivity index (χ2n) is 7.60. The van der Waals surface area contributed by atoms with Gasteiger partial charge in [0.05, 0.1) is 18.2 Å². The standard InChI is InChI=1S/C20H27N5O5/c1-10(26)17(18(21)28)25-20(30)16(24-19(29)15-7-12(27)9-23-15)6-11-8-22-14-5-3-2-4-13(11)14/h2-5,8,10,12,15-17,22-23,26-27H,6-7,9H2,1H3,(H2,21,28)(H,24,29)(H,25,30)/t10-,12-,15+,16?,17+/m1/s1. The van der Waals surface area contributed by atoms with Gasteiger partial charge in [-0.25, -0.2) is 0 Å². The van der Waals surface area contributed by atoms with Gasteiger partial charge in [-0.05, 0) is 25.0 Å². The van der Waals surface area contributed by atoms with Gasteiger partial charge in [-0.2, -0.15) is 0 Å². The van der Waals surface area contributed by atoms with Crippen LogP contribution in [0.3, 0.4) is 0 Å². The molecule has 30 heavy (non-hydrogen) atoms. The quantitative estimate of drug-likeness (QED) is 0.269. The van der Waals surface area contributed by atoms with Crippen molar-refractivity contribution in [2.24, 2.45) is 5.73 Å². The predicted molar refractivity (Wildman–Crippen MR) is 109 cm³/mol. The molecule has 1 aromatic heterocycles. The van der Waals surface area contributed by atoms with E-state index < -0.39 is 48.1 Å². The number of carbonyl (C=O) groups excluding carboxylic acids is 3. The van der Waals surface area contributed by atoms with Gasteiger partial charge in [-0.1, -0.05) is 18.2 Å². The van der Waals surface area contributed by atoms with E-state index in [2.05, 4.69) is 20.9 Å². The molecule has 0 saturated carbocycles. The summed E-state index contributed by atoms with van der Waals surface area (Å²) in [6.07, 6.45) is 0.334. The van der Waals surface area contributed by atoms with E-state index in [4.69, 9.17) is 5.73 Å². The molecular formula is C20H27N5O5. The number of H-pyrrole nitrogens is 1. The molecule has 2 aromatic rings. The molecule has 1 saturated heterocycles. The summed E-state index contributed by atoms with van der Waals surface area (Å²) in [6.45, 7) is 1.63. The Balaban J connectivity index is 1.81. The number of benzene rings is 1. The van der Waals surface area contributed by atoms with E-state index in [0.29, 0.717) is 6.54 Å². The van der Waals surface area contributed by atoms with Crippen LogP contribution in [0.5, 0.6) is 0 Å². The number of carbonyl (C=O) groups is 3. The van der Waals surface area contributed by atoms with Crippen molar-refractivity contribution < 1.29 is 24.6 Å². The summed E-state index contributed by atoms with van der Waals surface area (Å²) in [7, 11) is 0. The first-order chi connectivity index (χ1) is 14.3. The first-order valence-corrected chi connectivity index (χ1v) is 9.80. The van der Waals surface area contributed by atoms with Crippen molar-refractivity contribution >= 4 is 28.6 Å². The smallest absolute Gasteiger partial charge is 0.243 e. The van der Waals surface area contributed by atoms with Gasteiger partial charge in [0.1, 0.15) is 12.1 Å². The minimum Gasteiger partial charge on any atom is -0.392 e. The molecule has 1 aromatic carbocycles. The summed E-state index contributed by atoms with van der Waals surface area (Å²) in [5.74, 6) is -1.95. The molecule has 0 spiro atoms. The Morgan fingerprint density at radius 2 is 2.00 bits per heavy atom. The first-order valence-electron chi connectivity index (χ1n) is 9.80. The monoisotopic (exact) mass is 417 g/mol. The summed E-state index contributed by atoms with van der Waals surface area (Å²) in [5, 5.41) is 28.3. The molecule has 5 atom stereocenters. The number of aliphatic hydroxyl groups is 2. The highest BCUT2D eigenvalue weighted by atomic mass is 16.3. The van der Waals surface area contributed by atoms with Gasteiger partial charge >= 0.3 is 0 Å². The minimum atomic E-state index is -1.29. The Morgan fingerprint density at radius 1 is 1.27 bits per heavy atom. The molecule has 3 rings (SSSR count). The van der Waals surface area contributed by atoms with Gasteiger partial charge < -0.3 is 36.9 Å². The van der Waals surface area contributed by atoms with Crippen molar-refractivity contribution in [2.45, 2.75) is 50.1 Å². The molecule has 1 aliphatic heterocycles. The molecule has 2 heterocycles. The van der Waals surface area contributed by atoms with Crippen LogP contribution in [0, 0.1) is 0 Å². The summed E-state index contributed by atoms with van der Waals surface area (Å²) in [6, 6.07) is 4.62. The second kappa shape index (κ2) is 9.24. The van der Waals surface area contributed by atoms with E-state index in [0.717, 1.165) is 16.5 Å². The summed E-state index contributed by atoms with van der Waals surface area (Å²) >= 11 is 0. The largest absolute Gasteiger partial charge is 0.392 e. The fraction of sp³-hybridized carbons (Fsp3) is 0.450. The van der Waals surface area contributed by atoms with Gasteiger partial charge in [-0.15, -0.1) is 0 Å². The molecule has 1 fully saturated rings. The third-order valence-electron chi connectivity index (χ3n) is 5.24. The lowest BCUT2D eigenvalue weighted by Crippen LogP contribution is -2.58. The fourth-order valence-corrected chi connectivity index (χ4v) is 3.60. The van der Waals surface area contributed by atoms with E-state index in [1.165, 1.54) is 6.92 Å². The fourth-order valence-electron chi connectivity index (χ4n) is 3.60. The van der Waals surface area contributed by atoms with Crippen molar-refractivity contribution in [3.05, 3.63) is 36.0 Å². The third-order valence-corrected chi connectivity index (χ3v) is 5.24. The van der Waals surface area contributed by atoms with Gasteiger partial charge in [0.2, 0.25) is 17.7 Å². The Morgan fingerprint density at radius 3 is 2.63 bits per heavy atom. The Kier molecular flexibility index (Phi) is 6.70. The number of fused-ring (bicyclic) bond motifs is 1. The lowest BCUT2D eigenvalue weighted by Gasteiger charge is -2.24. The van der Waals surface area contributed by atoms with Gasteiger partial charge in [-0.3, -0.25) is 14.4 Å². The molecule has 10 heteroatoms. The van der Waals surface area contributed by atoms with Crippen LogP contribution in [0.2, 0.25) is 0 Å². The molecular weight excluding hydrogens is 390 g/mol. The van der Waals surface area contributed by atoms with Crippen molar-refractivity contribution in [1.82, 2.24) is 20.9 Å². The summed E-state index contributed by atoms with van der Waals surface area (Å²) in [4.78, 5) is 40.2. The maximum Gasteiger partial charge on any atom is 0.243 e. The van der Waals surface area contributed by atoms with Crippen molar-refractivity contribution in [3.63, 3.8) is 0 Å². The zero-order valence-electron chi connectivity index (χ0n) is 16.6. The summed E-state index contributed by atoms with van der Waals surface area (Å²) in [5.41, 5.74) is 6.96. The van der Waals surface area contributed by atoms with Crippen LogP contribution in [0.15, 0.2) is 30.5 Å². The first kappa shape index (κ1) is 21.8. The van der Waals surface area contributed by atoms with Crippen LogP contribution in [0.25, 0.3) is 10.9 Å². The number of hydrogen-bond acceptors (Lipinski definition) is 6. The van der Waals surface area contributed by atoms with Crippen molar-refractivity contribution in [3.8, 4) is 0 Å². The number of aliphatic hydroxyl groups excluding tert-OH is 2. The Labute approximate surface area is 173 Å². The van der Waals surface area contributed by atoms with Crippen LogP contribution >= 0.6 is 0 Å². The van der Waals surface area contributed by atoms with Crippen LogP contribution in [-0.4, -0.2) is 69.8 Å². The maximum absolute atomic E-state index is 12.9. The molecule has 0 radical (unpaired) electrons. The molecule has 162 valence electrons. The highest BCUT2D eigenvalue weighted by Crippen LogP contribution is 2.19. The average Bonchev–Trinajstić information content (AvgIpc) is 3.31. The molecule has 10 nitrogen and oxygen atoms in total. The highest BCUT2D eigenvalue weighted by Gasteiger charge is 2.33. The number of aromatic nitrogens is 1. The van der Waals surface area contributed by atoms with Crippen LogP contribution in [0.4, 0.5) is 0 Å². The van der Waals surface area contributed by atoms with E-state index in [9.17, 15) is 24.6 Å². The number of para-hydroxylation sites is 1. The molecule has 3 amide bonds. The number of rotatable bonds is 8. The normalized spacial score (nSPS) is 21.7. The Bertz CT molecular complexity index is 927. The highest BCUT2D eigenvalue weighted by molar-refractivity contribution is 5.94. The van der Waals surface area contributed by atoms with E-state index in [1.807, 2.05) is 24.3 Å². The van der Waals surface area contributed by atoms with E-state index in [-0.39, 0.29) is 12.8 Å². The van der Waals surface area contributed by atoms with Crippen LogP contribution in [0.1, 0.15) is 18.9 Å². The molecule has 0 bridgehead atoms. The average molecular weight is 417 g/mol. The molecule has 0 aliphatic carbocycles. The molecule has 8 N–H and O–H groups in total. The number of β-amino-alcohol motifs (C(OH)–C–C–N with tert-alkyl or cyclic N) is 1. The number of aromatic amines is 1. The number of amides is 3. The van der Waals surface area contributed by atoms with E-state index >= 15 is 0 Å². The van der Waals surface area contributed by atoms with Crippen molar-refractivity contribution in [1.29, 1.82) is 0 Å². The Hall–Kier alpha value is -2.95. The second-order valence-corrected chi connectivity index (χ2v) is 7.60. The maximum atomic E-state index is 12.9. The van der Waals surface area contributed by atoms with E-state index in [1.54, 1.807) is 6.20 Å². The third kappa shape index (κ3) is 4.96. The zero-order chi connectivity index (χ0) is 21.8.